The minimum absolute atomic E-state index is 0.0204. The lowest BCUT2D eigenvalue weighted by Crippen LogP contribution is -2.44. The van der Waals surface area contributed by atoms with E-state index in [1.165, 1.54) is 67.6 Å². The predicted octanol–water partition coefficient (Wildman–Crippen LogP) is 2.82. The molecule has 3 unspecified atom stereocenters. The molecule has 0 saturated carbocycles. The number of phenolic OH excluding ortho intramolecular Hbond substituents is 1. The third-order valence-electron chi connectivity index (χ3n) is 10.7. The molecule has 1 saturated heterocycles. The van der Waals surface area contributed by atoms with Crippen LogP contribution >= 0.6 is 12.6 Å². The summed E-state index contributed by atoms with van der Waals surface area (Å²) in [5.41, 5.74) is 21.5. The van der Waals surface area contributed by atoms with Gasteiger partial charge in [0, 0.05) is 56.0 Å². The van der Waals surface area contributed by atoms with Gasteiger partial charge in [-0.15, -0.1) is 5.10 Å². The highest BCUT2D eigenvalue weighted by Gasteiger charge is 2.35. The first-order chi connectivity index (χ1) is 38.8. The van der Waals surface area contributed by atoms with Gasteiger partial charge in [0.15, 0.2) is 22.8 Å². The van der Waals surface area contributed by atoms with Crippen molar-refractivity contribution in [2.24, 2.45) is 16.7 Å². The van der Waals surface area contributed by atoms with Crippen LogP contribution in [-0.4, -0.2) is 140 Å². The standard InChI is InChI=1S/C33H42N16O6.C10H15NO3S.C4H10.C3H8.C2H6.CH4O/c1-16(42-25(52)14-38-2)30(53)44-18-6-7-21(23(10-18)27(34)48-49-37)31(54)39-9-3-4-19(15-50)45-32(55)22-8-5-17(11-24(22)51)40-12-20-13-41-29-26(43-20)28(35)46-33(36)47-29;12-6-4-2-1-3-5-11-9(13)7-8(15)10(11)14;1-3-4-2;1-3-2;2*1-2/h5-8,10-11,13,15-16,19,38,40,49,51H,3-4,9,12,14,37H2,1-2H3,(H2,34,48)(H,39,54)(H,42,52)(H,44,53)(H,45,55)(H4,35,36,41,46,47);6,8,15H,1-5,7H2;3-4H2,1-2H3;3H2,1-2H3;1-2H3;2H,1H3. The van der Waals surface area contributed by atoms with Crippen molar-refractivity contribution in [2.75, 3.05) is 55.9 Å². The van der Waals surface area contributed by atoms with E-state index in [4.69, 9.17) is 28.2 Å². The second-order valence-electron chi connectivity index (χ2n) is 17.2. The number of imide groups is 1. The quantitative estimate of drug-likeness (QED) is 0.00663. The SMILES string of the molecule is CC.CCC.CCCC.CNCC(=O)NC(C)C(=O)Nc1ccc(C(=O)NCCCC(C=O)NC(=O)c2ccc(NCc3cnc4nc(N)nc(N)c4n3)cc2O)c(/C(N)=N/NN)c1.CO.O=CCCCCCN1C(=O)CC(S)C1=O. The average molecular weight is 1150 g/mol. The minimum atomic E-state index is -0.929. The molecule has 6 amide bonds. The Morgan fingerprint density at radius 2 is 1.54 bits per heavy atom. The number of fused-ring (bicyclic) bond motifs is 1. The number of aldehydes is 2. The summed E-state index contributed by atoms with van der Waals surface area (Å²) in [4.78, 5) is 113. The van der Waals surface area contributed by atoms with Gasteiger partial charge < -0.3 is 68.9 Å². The normalized spacial score (nSPS) is 13.0. The number of nitrogens with two attached hydrogens (primary N) is 4. The summed E-state index contributed by atoms with van der Waals surface area (Å²) in [5.74, 6) is 2.43. The minimum Gasteiger partial charge on any atom is -0.507 e. The third-order valence-corrected chi connectivity index (χ3v) is 11.1. The molecule has 0 spiro atoms. The number of carbonyl (C=O) groups is 8. The molecule has 2 aromatic heterocycles. The summed E-state index contributed by atoms with van der Waals surface area (Å²) in [7, 11) is 2.60. The van der Waals surface area contributed by atoms with Crippen molar-refractivity contribution in [3.8, 4) is 5.75 Å². The molecule has 1 aliphatic rings. The number of benzene rings is 2. The lowest BCUT2D eigenvalue weighted by atomic mass is 10.0. The molecule has 17 N–H and O–H groups in total. The van der Waals surface area contributed by atoms with Gasteiger partial charge in [0.25, 0.3) is 11.8 Å². The van der Waals surface area contributed by atoms with Crippen LogP contribution in [0.2, 0.25) is 0 Å². The largest absolute Gasteiger partial charge is 0.507 e. The molecule has 2 aromatic carbocycles. The maximum absolute atomic E-state index is 13.1. The monoisotopic (exact) mass is 1150 g/mol. The molecule has 1 aliphatic heterocycles. The van der Waals surface area contributed by atoms with Crippen LogP contribution in [0.3, 0.4) is 0 Å². The Bertz CT molecular complexity index is 2640. The van der Waals surface area contributed by atoms with Gasteiger partial charge in [0.2, 0.25) is 29.6 Å². The Hall–Kier alpha value is -8.08. The lowest BCUT2D eigenvalue weighted by Gasteiger charge is -2.16. The number of nitrogen functional groups attached to an aromatic ring is 2. The number of hydrazone groups is 1. The molecule has 0 aliphatic carbocycles. The second-order valence-corrected chi connectivity index (χ2v) is 17.8. The number of aromatic nitrogens is 4. The summed E-state index contributed by atoms with van der Waals surface area (Å²) >= 11 is 4.03. The number of amidine groups is 1. The van der Waals surface area contributed by atoms with E-state index in [2.05, 4.69) is 103 Å². The molecule has 3 atom stereocenters. The summed E-state index contributed by atoms with van der Waals surface area (Å²) in [6, 6.07) is 6.83. The molecule has 5 rings (SSSR count). The summed E-state index contributed by atoms with van der Waals surface area (Å²) in [6.45, 7) is 14.9. The number of thiol groups is 1. The molecule has 28 heteroatoms. The fourth-order valence-corrected chi connectivity index (χ4v) is 6.94. The first kappa shape index (κ1) is 72.9. The first-order valence-electron chi connectivity index (χ1n) is 26.6. The number of aliphatic hydroxyl groups excluding tert-OH is 1. The van der Waals surface area contributed by atoms with Gasteiger partial charge >= 0.3 is 0 Å². The summed E-state index contributed by atoms with van der Waals surface area (Å²) < 4.78 is 0. The number of unbranched alkanes of at least 4 members (excludes halogenated alkanes) is 4. The number of hydrazine groups is 1. The number of nitrogens with one attached hydrogen (secondary N) is 7. The number of likely N-dealkylation sites (N-methyl/N-ethyl adjacent to an activating group) is 1. The van der Waals surface area contributed by atoms with E-state index < -0.39 is 35.1 Å². The van der Waals surface area contributed by atoms with E-state index in [-0.39, 0.29) is 114 Å². The van der Waals surface area contributed by atoms with Crippen molar-refractivity contribution in [3.63, 3.8) is 0 Å². The summed E-state index contributed by atoms with van der Waals surface area (Å²) in [5, 5.41) is 37.1. The van der Waals surface area contributed by atoms with Crippen LogP contribution in [-0.2, 0) is 35.3 Å². The Kier molecular flexibility index (Phi) is 37.7. The summed E-state index contributed by atoms with van der Waals surface area (Å²) in [6.07, 6.45) is 10.5. The molecular weight excluding hydrogens is 1070 g/mol. The maximum Gasteiger partial charge on any atom is 0.255 e. The number of likely N-dealkylation sites (tertiary alicyclic amines) is 1. The highest BCUT2D eigenvalue weighted by molar-refractivity contribution is 7.81. The molecule has 81 heavy (non-hydrogen) atoms. The van der Waals surface area contributed by atoms with Crippen molar-refractivity contribution in [3.05, 3.63) is 65.0 Å². The van der Waals surface area contributed by atoms with Crippen molar-refractivity contribution in [1.82, 2.24) is 51.6 Å². The molecule has 27 nitrogen and oxygen atoms in total. The number of aliphatic hydroxyl groups is 1. The number of rotatable bonds is 25. The number of carbonyl (C=O) groups excluding carboxylic acids is 8. The zero-order valence-electron chi connectivity index (χ0n) is 47.9. The fraction of sp³-hybridized carbons (Fsp3) is 0.491. The second kappa shape index (κ2) is 41.9. The Morgan fingerprint density at radius 3 is 2.12 bits per heavy atom. The van der Waals surface area contributed by atoms with E-state index in [9.17, 15) is 43.5 Å². The number of amides is 6. The van der Waals surface area contributed by atoms with Crippen LogP contribution in [0.15, 0.2) is 47.7 Å². The first-order valence-corrected chi connectivity index (χ1v) is 27.1. The number of nitrogens with zero attached hydrogens (tertiary/aromatic N) is 6. The number of anilines is 4. The van der Waals surface area contributed by atoms with Crippen molar-refractivity contribution >= 4 is 101 Å². The van der Waals surface area contributed by atoms with E-state index in [1.807, 2.05) is 13.8 Å². The van der Waals surface area contributed by atoms with E-state index in [1.54, 1.807) is 13.1 Å². The van der Waals surface area contributed by atoms with Gasteiger partial charge in [-0.3, -0.25) is 33.7 Å². The molecule has 0 bridgehead atoms. The number of aromatic hydroxyl groups is 1. The molecule has 1 fully saturated rings. The fourth-order valence-electron chi connectivity index (χ4n) is 6.64. The van der Waals surface area contributed by atoms with Crippen LogP contribution in [0.4, 0.5) is 23.1 Å². The van der Waals surface area contributed by atoms with Crippen LogP contribution in [0, 0.1) is 0 Å². The van der Waals surface area contributed by atoms with Crippen LogP contribution in [0.25, 0.3) is 11.2 Å². The highest BCUT2D eigenvalue weighted by Crippen LogP contribution is 2.24. The van der Waals surface area contributed by atoms with Crippen molar-refractivity contribution in [1.29, 1.82) is 0 Å². The Morgan fingerprint density at radius 1 is 0.889 bits per heavy atom. The van der Waals surface area contributed by atoms with Gasteiger partial charge in [-0.25, -0.2) is 21.3 Å². The average Bonchev–Trinajstić information content (AvgIpc) is 3.76. The third kappa shape index (κ3) is 26.6. The number of hydrogen-bond donors (Lipinski definition) is 14. The Labute approximate surface area is 479 Å². The van der Waals surface area contributed by atoms with Gasteiger partial charge in [-0.05, 0) is 70.0 Å². The van der Waals surface area contributed by atoms with Crippen molar-refractivity contribution < 1.29 is 48.6 Å². The van der Waals surface area contributed by atoms with Gasteiger partial charge in [0.05, 0.1) is 47.4 Å². The molecule has 0 radical (unpaired) electrons. The van der Waals surface area contributed by atoms with Gasteiger partial charge in [0.1, 0.15) is 24.4 Å². The van der Waals surface area contributed by atoms with E-state index in [0.29, 0.717) is 30.6 Å². The van der Waals surface area contributed by atoms with Crippen LogP contribution in [0.1, 0.15) is 145 Å². The van der Waals surface area contributed by atoms with Crippen molar-refractivity contribution in [2.45, 2.75) is 137 Å². The smallest absolute Gasteiger partial charge is 0.255 e. The lowest BCUT2D eigenvalue weighted by molar-refractivity contribution is -0.138. The predicted molar refractivity (Wildman–Crippen MR) is 318 cm³/mol. The molecule has 3 heterocycles. The number of phenols is 1. The van der Waals surface area contributed by atoms with E-state index >= 15 is 0 Å². The van der Waals surface area contributed by atoms with Crippen LogP contribution < -0.4 is 60.5 Å². The molecular formula is C53H85N17O10S. The maximum atomic E-state index is 13.1. The van der Waals surface area contributed by atoms with Gasteiger partial charge in [-0.2, -0.15) is 22.6 Å². The topological polar surface area (TPSA) is 432 Å². The van der Waals surface area contributed by atoms with E-state index in [0.717, 1.165) is 32.7 Å². The molecule has 4 aromatic rings. The van der Waals surface area contributed by atoms with Gasteiger partial charge in [-0.1, -0.05) is 67.2 Å². The number of hydrogen-bond acceptors (Lipinski definition) is 22. The zero-order valence-corrected chi connectivity index (χ0v) is 48.8. The Balaban J connectivity index is 0.00000204. The zero-order chi connectivity index (χ0) is 61.5. The van der Waals surface area contributed by atoms with Crippen LogP contribution in [0.5, 0.6) is 5.75 Å². The molecule has 448 valence electrons. The highest BCUT2D eigenvalue weighted by atomic mass is 32.1.